The van der Waals surface area contributed by atoms with Crippen LogP contribution in [0.2, 0.25) is 0 Å². The minimum atomic E-state index is -0.463. The van der Waals surface area contributed by atoms with Crippen LogP contribution in [-0.4, -0.2) is 19.5 Å². The number of nitrogens with zero attached hydrogens (tertiary/aromatic N) is 4. The third-order valence-electron chi connectivity index (χ3n) is 12.7. The Hall–Kier alpha value is -7.60. The van der Waals surface area contributed by atoms with E-state index in [2.05, 4.69) is 174 Å². The van der Waals surface area contributed by atoms with Crippen molar-refractivity contribution in [2.24, 2.45) is 0 Å². The van der Waals surface area contributed by atoms with Crippen molar-refractivity contribution in [1.82, 2.24) is 19.5 Å². The topological polar surface area (TPSA) is 43.6 Å². The Morgan fingerprint density at radius 2 is 0.984 bits per heavy atom. The Labute approximate surface area is 356 Å². The summed E-state index contributed by atoms with van der Waals surface area (Å²) in [5.74, 6) is 1.92. The van der Waals surface area contributed by atoms with Crippen molar-refractivity contribution in [3.8, 4) is 51.0 Å². The van der Waals surface area contributed by atoms with E-state index >= 15 is 0 Å². The van der Waals surface area contributed by atoms with Crippen LogP contribution in [0.15, 0.2) is 216 Å². The first-order chi connectivity index (χ1) is 30.3. The summed E-state index contributed by atoms with van der Waals surface area (Å²) in [6.07, 6.45) is 0. The SMILES string of the molecule is c1ccc(-c2nc(-c3ccccc3)nc(-c3cccc(-n4c5ccc6c(c5c5ccc7ccccc7c54)Sc4ccccc4C64c5ccccc5-c5ccccc54)c3)n2)cc1. The van der Waals surface area contributed by atoms with Gasteiger partial charge in [-0.3, -0.25) is 0 Å². The first-order valence-corrected chi connectivity index (χ1v) is 21.5. The zero-order chi connectivity index (χ0) is 40.1. The van der Waals surface area contributed by atoms with E-state index in [0.29, 0.717) is 17.5 Å². The number of fused-ring (bicyclic) bond motifs is 15. The Balaban J connectivity index is 1.10. The lowest BCUT2D eigenvalue weighted by Crippen LogP contribution is -2.32. The van der Waals surface area contributed by atoms with Crippen molar-refractivity contribution in [1.29, 1.82) is 0 Å². The van der Waals surface area contributed by atoms with Gasteiger partial charge in [0.2, 0.25) is 0 Å². The Kier molecular flexibility index (Phi) is 7.42. The van der Waals surface area contributed by atoms with E-state index in [1.165, 1.54) is 70.2 Å². The maximum Gasteiger partial charge on any atom is 0.164 e. The largest absolute Gasteiger partial charge is 0.309 e. The summed E-state index contributed by atoms with van der Waals surface area (Å²) in [6.45, 7) is 0. The van der Waals surface area contributed by atoms with Gasteiger partial charge in [-0.05, 0) is 63.0 Å². The number of rotatable bonds is 4. The van der Waals surface area contributed by atoms with Crippen molar-refractivity contribution < 1.29 is 0 Å². The van der Waals surface area contributed by atoms with Crippen LogP contribution in [-0.2, 0) is 5.41 Å². The van der Waals surface area contributed by atoms with E-state index < -0.39 is 5.41 Å². The van der Waals surface area contributed by atoms with Gasteiger partial charge in [0.25, 0.3) is 0 Å². The lowest BCUT2D eigenvalue weighted by Gasteiger charge is -2.40. The van der Waals surface area contributed by atoms with Gasteiger partial charge in [-0.15, -0.1) is 0 Å². The quantitative estimate of drug-likeness (QED) is 0.178. The number of hydrogen-bond acceptors (Lipinski definition) is 4. The Morgan fingerprint density at radius 1 is 0.410 bits per heavy atom. The molecule has 0 unspecified atom stereocenters. The van der Waals surface area contributed by atoms with E-state index in [9.17, 15) is 0 Å². The van der Waals surface area contributed by atoms with Crippen LogP contribution in [0.4, 0.5) is 0 Å². The molecule has 2 aliphatic rings. The molecule has 0 saturated carbocycles. The highest BCUT2D eigenvalue weighted by molar-refractivity contribution is 7.99. The monoisotopic (exact) mass is 794 g/mol. The third-order valence-corrected chi connectivity index (χ3v) is 13.9. The molecule has 0 fully saturated rings. The molecule has 9 aromatic carbocycles. The van der Waals surface area contributed by atoms with Gasteiger partial charge >= 0.3 is 0 Å². The van der Waals surface area contributed by atoms with E-state index in [1.54, 1.807) is 0 Å². The average Bonchev–Trinajstić information content (AvgIpc) is 3.84. The summed E-state index contributed by atoms with van der Waals surface area (Å²) in [7, 11) is 0. The van der Waals surface area contributed by atoms with Gasteiger partial charge in [0.15, 0.2) is 17.5 Å². The predicted molar refractivity (Wildman–Crippen MR) is 249 cm³/mol. The zero-order valence-corrected chi connectivity index (χ0v) is 33.6. The standard InChI is InChI=1S/C56H34N4S/c1-3-17-36(18-4-1)53-57-54(37-19-5-2-6-20-37)59-55(58-53)38-21-15-22-39(34-38)60-48-33-32-47-52(50(48)43-31-30-35-16-7-8-23-40(35)51(43)60)61-49-29-14-13-28-46(49)56(47)44-26-11-9-24-41(44)42-25-10-12-27-45(42)56/h1-34H. The molecule has 1 aliphatic carbocycles. The molecule has 0 radical (unpaired) electrons. The molecule has 3 heterocycles. The van der Waals surface area contributed by atoms with Crippen molar-refractivity contribution in [3.05, 3.63) is 229 Å². The van der Waals surface area contributed by atoms with Crippen molar-refractivity contribution in [3.63, 3.8) is 0 Å². The summed E-state index contributed by atoms with van der Waals surface area (Å²) in [4.78, 5) is 17.8. The molecule has 1 aliphatic heterocycles. The predicted octanol–water partition coefficient (Wildman–Crippen LogP) is 14.0. The van der Waals surface area contributed by atoms with Crippen LogP contribution < -0.4 is 0 Å². The second-order valence-corrected chi connectivity index (χ2v) is 16.9. The molecule has 0 saturated heterocycles. The normalized spacial score (nSPS) is 13.3. The summed E-state index contributed by atoms with van der Waals surface area (Å²) >= 11 is 1.91. The molecule has 284 valence electrons. The molecule has 0 amide bonds. The van der Waals surface area contributed by atoms with E-state index in [-0.39, 0.29) is 0 Å². The smallest absolute Gasteiger partial charge is 0.164 e. The molecule has 11 aromatic rings. The van der Waals surface area contributed by atoms with Crippen molar-refractivity contribution in [2.75, 3.05) is 0 Å². The average molecular weight is 795 g/mol. The lowest BCUT2D eigenvalue weighted by atomic mass is 9.67. The first-order valence-electron chi connectivity index (χ1n) is 20.7. The molecule has 0 bridgehead atoms. The van der Waals surface area contributed by atoms with E-state index in [0.717, 1.165) is 27.9 Å². The molecule has 0 atom stereocenters. The van der Waals surface area contributed by atoms with Crippen LogP contribution in [0.25, 0.3) is 83.6 Å². The third kappa shape index (κ3) is 4.92. The second-order valence-electron chi connectivity index (χ2n) is 15.9. The van der Waals surface area contributed by atoms with Crippen molar-refractivity contribution in [2.45, 2.75) is 15.2 Å². The summed E-state index contributed by atoms with van der Waals surface area (Å²) in [5, 5.41) is 4.91. The van der Waals surface area contributed by atoms with Crippen LogP contribution in [0.1, 0.15) is 22.3 Å². The Bertz CT molecular complexity index is 3470. The highest BCUT2D eigenvalue weighted by Gasteiger charge is 2.50. The number of aromatic nitrogens is 4. The van der Waals surface area contributed by atoms with Gasteiger partial charge in [-0.1, -0.05) is 194 Å². The molecule has 13 rings (SSSR count). The zero-order valence-electron chi connectivity index (χ0n) is 32.8. The van der Waals surface area contributed by atoms with Crippen LogP contribution in [0, 0.1) is 0 Å². The van der Waals surface area contributed by atoms with Crippen LogP contribution in [0.5, 0.6) is 0 Å². The number of benzene rings is 9. The van der Waals surface area contributed by atoms with Gasteiger partial charge in [0.1, 0.15) is 0 Å². The van der Waals surface area contributed by atoms with Gasteiger partial charge in [0, 0.05) is 48.3 Å². The highest BCUT2D eigenvalue weighted by Crippen LogP contribution is 2.63. The molecule has 4 nitrogen and oxygen atoms in total. The number of hydrogen-bond donors (Lipinski definition) is 0. The molecular weight excluding hydrogens is 761 g/mol. The first kappa shape index (κ1) is 34.3. The second kappa shape index (κ2) is 13.2. The van der Waals surface area contributed by atoms with Crippen LogP contribution >= 0.6 is 11.8 Å². The fourth-order valence-corrected chi connectivity index (χ4v) is 11.5. The molecule has 1 spiro atoms. The molecule has 61 heavy (non-hydrogen) atoms. The minimum Gasteiger partial charge on any atom is -0.309 e. The summed E-state index contributed by atoms with van der Waals surface area (Å²) in [5.41, 5.74) is 13.7. The summed E-state index contributed by atoms with van der Waals surface area (Å²) < 4.78 is 2.47. The Morgan fingerprint density at radius 3 is 1.69 bits per heavy atom. The van der Waals surface area contributed by atoms with Crippen molar-refractivity contribution >= 4 is 44.3 Å². The van der Waals surface area contributed by atoms with Gasteiger partial charge in [0.05, 0.1) is 16.4 Å². The fraction of sp³-hybridized carbons (Fsp3) is 0.0179. The van der Waals surface area contributed by atoms with Crippen LogP contribution in [0.3, 0.4) is 0 Å². The molecule has 2 aromatic heterocycles. The lowest BCUT2D eigenvalue weighted by molar-refractivity contribution is 0.726. The minimum absolute atomic E-state index is 0.463. The molecule has 0 N–H and O–H groups in total. The highest BCUT2D eigenvalue weighted by atomic mass is 32.2. The maximum absolute atomic E-state index is 5.12. The van der Waals surface area contributed by atoms with Gasteiger partial charge < -0.3 is 4.57 Å². The fourth-order valence-electron chi connectivity index (χ4n) is 10.2. The van der Waals surface area contributed by atoms with E-state index in [1.807, 2.05) is 48.2 Å². The summed E-state index contributed by atoms with van der Waals surface area (Å²) in [6, 6.07) is 74.4. The van der Waals surface area contributed by atoms with E-state index in [4.69, 9.17) is 15.0 Å². The molecular formula is C56H34N4S. The molecule has 5 heteroatoms. The van der Waals surface area contributed by atoms with Gasteiger partial charge in [-0.2, -0.15) is 0 Å². The maximum atomic E-state index is 5.12. The van der Waals surface area contributed by atoms with Gasteiger partial charge in [-0.25, -0.2) is 15.0 Å².